The molecular weight excluding hydrogens is 348 g/mol. The minimum atomic E-state index is -0.679. The molecule has 0 spiro atoms. The first-order valence-corrected chi connectivity index (χ1v) is 10.9. The van der Waals surface area contributed by atoms with E-state index in [4.69, 9.17) is 5.11 Å². The highest BCUT2D eigenvalue weighted by Crippen LogP contribution is 2.19. The molecule has 0 saturated carbocycles. The summed E-state index contributed by atoms with van der Waals surface area (Å²) < 4.78 is 0. The van der Waals surface area contributed by atoms with E-state index >= 15 is 0 Å². The van der Waals surface area contributed by atoms with E-state index in [0.717, 1.165) is 51.9 Å². The second kappa shape index (κ2) is 11.2. The van der Waals surface area contributed by atoms with Crippen molar-refractivity contribution in [1.29, 1.82) is 0 Å². The molecule has 3 rings (SSSR count). The molecule has 28 heavy (non-hydrogen) atoms. The summed E-state index contributed by atoms with van der Waals surface area (Å²) >= 11 is 0. The molecule has 0 atom stereocenters. The summed E-state index contributed by atoms with van der Waals surface area (Å²) in [4.78, 5) is 15.9. The average molecular weight is 383 g/mol. The molecule has 0 amide bonds. The monoisotopic (exact) mass is 382 g/mol. The zero-order valence-corrected chi connectivity index (χ0v) is 17.0. The Labute approximate surface area is 169 Å². The summed E-state index contributed by atoms with van der Waals surface area (Å²) in [6, 6.07) is 15.3. The Morgan fingerprint density at radius 1 is 0.929 bits per heavy atom. The molecular formula is C24H34N2O2. The van der Waals surface area contributed by atoms with Crippen LogP contribution in [-0.4, -0.2) is 60.1 Å². The molecule has 4 nitrogen and oxygen atoms in total. The molecule has 152 valence electrons. The lowest BCUT2D eigenvalue weighted by atomic mass is 10.0. The van der Waals surface area contributed by atoms with Gasteiger partial charge in [-0.1, -0.05) is 48.9 Å². The zero-order chi connectivity index (χ0) is 19.6. The highest BCUT2D eigenvalue weighted by atomic mass is 16.4. The number of hydrogen-bond donors (Lipinski definition) is 1. The fourth-order valence-electron chi connectivity index (χ4n) is 4.20. The van der Waals surface area contributed by atoms with Crippen molar-refractivity contribution in [3.63, 3.8) is 0 Å². The number of carbonyl (C=O) groups is 1. The van der Waals surface area contributed by atoms with Crippen molar-refractivity contribution in [3.8, 4) is 0 Å². The Morgan fingerprint density at radius 3 is 2.54 bits per heavy atom. The van der Waals surface area contributed by atoms with Crippen molar-refractivity contribution in [1.82, 2.24) is 9.80 Å². The molecule has 0 aromatic heterocycles. The number of fused-ring (bicyclic) bond motifs is 1. The number of likely N-dealkylation sites (tertiary alicyclic amines) is 1. The largest absolute Gasteiger partial charge is 0.481 e. The van der Waals surface area contributed by atoms with Gasteiger partial charge in [0.1, 0.15) is 0 Å². The van der Waals surface area contributed by atoms with E-state index in [2.05, 4.69) is 52.3 Å². The summed E-state index contributed by atoms with van der Waals surface area (Å²) in [5.74, 6) is -0.679. The smallest absolute Gasteiger partial charge is 0.303 e. The van der Waals surface area contributed by atoms with Crippen molar-refractivity contribution in [3.05, 3.63) is 48.0 Å². The number of carboxylic acids is 1. The van der Waals surface area contributed by atoms with E-state index in [1.807, 2.05) is 0 Å². The van der Waals surface area contributed by atoms with E-state index < -0.39 is 5.97 Å². The van der Waals surface area contributed by atoms with Gasteiger partial charge in [0, 0.05) is 26.1 Å². The normalized spacial score (nSPS) is 14.9. The van der Waals surface area contributed by atoms with Crippen LogP contribution in [0.25, 0.3) is 10.8 Å². The maximum atomic E-state index is 10.7. The average Bonchev–Trinajstić information content (AvgIpc) is 3.22. The Morgan fingerprint density at radius 2 is 1.71 bits per heavy atom. The molecule has 0 bridgehead atoms. The Hall–Kier alpha value is -1.91. The predicted octanol–water partition coefficient (Wildman–Crippen LogP) is 4.43. The predicted molar refractivity (Wildman–Crippen MR) is 116 cm³/mol. The van der Waals surface area contributed by atoms with Crippen LogP contribution in [0.1, 0.15) is 44.1 Å². The molecule has 0 aliphatic carbocycles. The summed E-state index contributed by atoms with van der Waals surface area (Å²) in [5.41, 5.74) is 1.43. The first-order chi connectivity index (χ1) is 13.7. The van der Waals surface area contributed by atoms with Crippen LogP contribution in [0.4, 0.5) is 0 Å². The van der Waals surface area contributed by atoms with Gasteiger partial charge in [0.15, 0.2) is 0 Å². The van der Waals surface area contributed by atoms with Crippen molar-refractivity contribution >= 4 is 16.7 Å². The Bertz CT molecular complexity index is 735. The fourth-order valence-corrected chi connectivity index (χ4v) is 4.20. The number of unbranched alkanes of at least 4 members (excludes halogenated alkanes) is 2. The Balaban J connectivity index is 1.53. The molecule has 1 saturated heterocycles. The van der Waals surface area contributed by atoms with Gasteiger partial charge in [0.05, 0.1) is 0 Å². The maximum absolute atomic E-state index is 10.7. The molecule has 1 N–H and O–H groups in total. The minimum Gasteiger partial charge on any atom is -0.481 e. The highest BCUT2D eigenvalue weighted by Gasteiger charge is 2.13. The Kier molecular flexibility index (Phi) is 8.31. The number of benzene rings is 2. The van der Waals surface area contributed by atoms with Crippen LogP contribution < -0.4 is 0 Å². The van der Waals surface area contributed by atoms with Crippen molar-refractivity contribution in [2.45, 2.75) is 44.9 Å². The number of carboxylic acid groups (broad SMARTS) is 1. The van der Waals surface area contributed by atoms with Gasteiger partial charge in [0.25, 0.3) is 0 Å². The summed E-state index contributed by atoms with van der Waals surface area (Å²) in [6.45, 7) is 6.90. The van der Waals surface area contributed by atoms with E-state index in [1.165, 1.54) is 42.3 Å². The van der Waals surface area contributed by atoms with Crippen LogP contribution in [0, 0.1) is 0 Å². The number of rotatable bonds is 12. The van der Waals surface area contributed by atoms with E-state index in [0.29, 0.717) is 6.42 Å². The summed E-state index contributed by atoms with van der Waals surface area (Å²) in [5, 5.41) is 11.5. The molecule has 0 radical (unpaired) electrons. The van der Waals surface area contributed by atoms with Gasteiger partial charge in [-0.05, 0) is 68.1 Å². The van der Waals surface area contributed by atoms with Gasteiger partial charge in [-0.25, -0.2) is 0 Å². The number of hydrogen-bond acceptors (Lipinski definition) is 3. The van der Waals surface area contributed by atoms with Crippen molar-refractivity contribution < 1.29 is 9.90 Å². The van der Waals surface area contributed by atoms with E-state index in [-0.39, 0.29) is 0 Å². The second-order valence-electron chi connectivity index (χ2n) is 7.98. The number of nitrogens with zero attached hydrogens (tertiary/aromatic N) is 2. The SMILES string of the molecule is O=C(O)CCCCCN(CCc1cccc2ccccc12)CCN1CCCC1. The quantitative estimate of drug-likeness (QED) is 0.552. The first-order valence-electron chi connectivity index (χ1n) is 10.9. The third kappa shape index (κ3) is 6.61. The fraction of sp³-hybridized carbons (Fsp3) is 0.542. The first kappa shape index (κ1) is 20.8. The summed E-state index contributed by atoms with van der Waals surface area (Å²) in [6.07, 6.45) is 6.92. The van der Waals surface area contributed by atoms with Crippen LogP contribution in [0.3, 0.4) is 0 Å². The van der Waals surface area contributed by atoms with Crippen LogP contribution in [0.15, 0.2) is 42.5 Å². The van der Waals surface area contributed by atoms with Crippen LogP contribution in [0.5, 0.6) is 0 Å². The van der Waals surface area contributed by atoms with Gasteiger partial charge in [-0.2, -0.15) is 0 Å². The lowest BCUT2D eigenvalue weighted by molar-refractivity contribution is -0.137. The molecule has 2 aromatic rings. The molecule has 2 aromatic carbocycles. The standard InChI is InChI=1S/C24H34N2O2/c27-24(28)13-2-1-5-15-26(20-19-25-16-6-7-17-25)18-14-22-11-8-10-21-9-3-4-12-23(21)22/h3-4,8-12H,1-2,5-7,13-20H2,(H,27,28). The summed E-state index contributed by atoms with van der Waals surface area (Å²) in [7, 11) is 0. The van der Waals surface area contributed by atoms with Gasteiger partial charge >= 0.3 is 5.97 Å². The van der Waals surface area contributed by atoms with E-state index in [9.17, 15) is 4.79 Å². The van der Waals surface area contributed by atoms with Gasteiger partial charge in [-0.3, -0.25) is 4.79 Å². The van der Waals surface area contributed by atoms with Crippen LogP contribution >= 0.6 is 0 Å². The topological polar surface area (TPSA) is 43.8 Å². The lowest BCUT2D eigenvalue weighted by Crippen LogP contribution is -2.35. The van der Waals surface area contributed by atoms with Crippen LogP contribution in [0.2, 0.25) is 0 Å². The van der Waals surface area contributed by atoms with Gasteiger partial charge in [0.2, 0.25) is 0 Å². The zero-order valence-electron chi connectivity index (χ0n) is 17.0. The van der Waals surface area contributed by atoms with E-state index in [1.54, 1.807) is 0 Å². The molecule has 1 fully saturated rings. The second-order valence-corrected chi connectivity index (χ2v) is 7.98. The van der Waals surface area contributed by atoms with Crippen LogP contribution in [-0.2, 0) is 11.2 Å². The highest BCUT2D eigenvalue weighted by molar-refractivity contribution is 5.85. The van der Waals surface area contributed by atoms with Crippen molar-refractivity contribution in [2.24, 2.45) is 0 Å². The van der Waals surface area contributed by atoms with Gasteiger partial charge in [-0.15, -0.1) is 0 Å². The molecule has 1 heterocycles. The minimum absolute atomic E-state index is 0.295. The molecule has 4 heteroatoms. The molecule has 1 aliphatic rings. The number of aliphatic carboxylic acids is 1. The molecule has 1 aliphatic heterocycles. The third-order valence-electron chi connectivity index (χ3n) is 5.87. The molecule has 0 unspecified atom stereocenters. The van der Waals surface area contributed by atoms with Crippen molar-refractivity contribution in [2.75, 3.05) is 39.3 Å². The maximum Gasteiger partial charge on any atom is 0.303 e. The lowest BCUT2D eigenvalue weighted by Gasteiger charge is -2.25. The third-order valence-corrected chi connectivity index (χ3v) is 5.87. The van der Waals surface area contributed by atoms with Gasteiger partial charge < -0.3 is 14.9 Å².